The van der Waals surface area contributed by atoms with E-state index in [0.29, 0.717) is 0 Å². The lowest BCUT2D eigenvalue weighted by atomic mass is 10.1. The number of anilines is 1. The Labute approximate surface area is 155 Å². The molecule has 0 amide bonds. The van der Waals surface area contributed by atoms with Gasteiger partial charge in [0.25, 0.3) is 0 Å². The summed E-state index contributed by atoms with van der Waals surface area (Å²) in [6, 6.07) is 12.2. The zero-order chi connectivity index (χ0) is 15.2. The first-order valence-corrected chi connectivity index (χ1v) is 7.76. The first kappa shape index (κ1) is 20.6. The second-order valence-electron chi connectivity index (χ2n) is 5.51. The van der Waals surface area contributed by atoms with Crippen LogP contribution in [-0.4, -0.2) is 54.5 Å². The van der Waals surface area contributed by atoms with Crippen molar-refractivity contribution >= 4 is 5.82 Å². The van der Waals surface area contributed by atoms with E-state index in [1.165, 1.54) is 0 Å². The van der Waals surface area contributed by atoms with Crippen LogP contribution in [0.2, 0.25) is 0 Å². The van der Waals surface area contributed by atoms with Crippen molar-refractivity contribution in [1.29, 1.82) is 0 Å². The zero-order valence-electron chi connectivity index (χ0n) is 13.7. The van der Waals surface area contributed by atoms with E-state index < -0.39 is 0 Å². The molecule has 1 aliphatic heterocycles. The number of hydrogen-bond donors (Lipinski definition) is 1. The van der Waals surface area contributed by atoms with E-state index in [1.54, 1.807) is 0 Å². The van der Waals surface area contributed by atoms with Crippen molar-refractivity contribution in [2.75, 3.05) is 44.7 Å². The van der Waals surface area contributed by atoms with Gasteiger partial charge in [-0.05, 0) is 18.6 Å². The molecule has 1 N–H and O–H groups in total. The van der Waals surface area contributed by atoms with E-state index in [4.69, 9.17) is 4.74 Å². The van der Waals surface area contributed by atoms with Crippen molar-refractivity contribution in [3.05, 3.63) is 42.0 Å². The van der Waals surface area contributed by atoms with Crippen LogP contribution in [0.4, 0.5) is 5.82 Å². The number of ether oxygens (including phenoxy) is 1. The minimum absolute atomic E-state index is 0. The highest BCUT2D eigenvalue weighted by Crippen LogP contribution is 2.19. The quantitative estimate of drug-likeness (QED) is 0.586. The van der Waals surface area contributed by atoms with Gasteiger partial charge in [-0.2, -0.15) is 0 Å². The molecule has 1 aromatic heterocycles. The van der Waals surface area contributed by atoms with Gasteiger partial charge in [-0.1, -0.05) is 30.3 Å². The zero-order valence-corrected chi connectivity index (χ0v) is 15.2. The summed E-state index contributed by atoms with van der Waals surface area (Å²) in [5.41, 5.74) is 3.13. The van der Waals surface area contributed by atoms with Gasteiger partial charge in [-0.15, -0.1) is 10.2 Å². The lowest BCUT2D eigenvalue weighted by Gasteiger charge is -2.26. The average molecular weight is 369 g/mol. The van der Waals surface area contributed by atoms with Crippen LogP contribution in [0.5, 0.6) is 0 Å². The molecule has 1 aliphatic rings. The van der Waals surface area contributed by atoms with Crippen LogP contribution in [0, 0.1) is 6.92 Å². The van der Waals surface area contributed by atoms with Crippen molar-refractivity contribution in [2.24, 2.45) is 0 Å². The van der Waals surface area contributed by atoms with Crippen molar-refractivity contribution < 1.29 is 29.6 Å². The predicted octanol–water partition coefficient (Wildman–Crippen LogP) is -3.80. The van der Waals surface area contributed by atoms with E-state index in [1.807, 2.05) is 18.2 Å². The van der Waals surface area contributed by atoms with Crippen LogP contribution in [0.25, 0.3) is 11.3 Å². The Morgan fingerprint density at radius 1 is 1.08 bits per heavy atom. The maximum Gasteiger partial charge on any atom is 0.151 e. The van der Waals surface area contributed by atoms with Crippen molar-refractivity contribution in [2.45, 2.75) is 6.92 Å². The third kappa shape index (κ3) is 5.60. The molecule has 7 heteroatoms. The van der Waals surface area contributed by atoms with Crippen LogP contribution in [0.1, 0.15) is 5.56 Å². The molecule has 2 aromatic rings. The Morgan fingerprint density at radius 2 is 1.79 bits per heavy atom. The van der Waals surface area contributed by atoms with Gasteiger partial charge in [0.15, 0.2) is 5.82 Å². The molecule has 0 aliphatic carbocycles. The first-order valence-electron chi connectivity index (χ1n) is 7.76. The fourth-order valence-corrected chi connectivity index (χ4v) is 2.57. The molecule has 0 atom stereocenters. The Balaban J connectivity index is 0.00000144. The van der Waals surface area contributed by atoms with Gasteiger partial charge in [0.1, 0.15) is 0 Å². The molecule has 0 radical (unpaired) electrons. The number of benzene rings is 1. The molecule has 1 aromatic carbocycles. The molecular formula is C17H22Cl2N4O-2. The van der Waals surface area contributed by atoms with Crippen LogP contribution >= 0.6 is 0 Å². The summed E-state index contributed by atoms with van der Waals surface area (Å²) in [6.45, 7) is 7.65. The van der Waals surface area contributed by atoms with E-state index in [-0.39, 0.29) is 24.8 Å². The summed E-state index contributed by atoms with van der Waals surface area (Å²) in [5.74, 6) is 0.868. The molecule has 24 heavy (non-hydrogen) atoms. The van der Waals surface area contributed by atoms with Gasteiger partial charge < -0.3 is 34.9 Å². The third-order valence-electron chi connectivity index (χ3n) is 3.88. The maximum atomic E-state index is 5.35. The summed E-state index contributed by atoms with van der Waals surface area (Å²) >= 11 is 0. The van der Waals surface area contributed by atoms with E-state index in [9.17, 15) is 0 Å². The average Bonchev–Trinajstić information content (AvgIpc) is 2.58. The normalized spacial score (nSPS) is 14.4. The molecule has 0 spiro atoms. The van der Waals surface area contributed by atoms with Crippen molar-refractivity contribution in [3.63, 3.8) is 0 Å². The Morgan fingerprint density at radius 3 is 2.46 bits per heavy atom. The van der Waals surface area contributed by atoms with Crippen LogP contribution in [0.3, 0.4) is 0 Å². The topological polar surface area (TPSA) is 50.3 Å². The minimum Gasteiger partial charge on any atom is -1.00 e. The Bertz CT molecular complexity index is 607. The van der Waals surface area contributed by atoms with Gasteiger partial charge in [-0.3, -0.25) is 4.90 Å². The predicted molar refractivity (Wildman–Crippen MR) is 88.0 cm³/mol. The third-order valence-corrected chi connectivity index (χ3v) is 3.88. The summed E-state index contributed by atoms with van der Waals surface area (Å²) in [6.07, 6.45) is 0. The summed E-state index contributed by atoms with van der Waals surface area (Å²) < 4.78 is 5.35. The highest BCUT2D eigenvalue weighted by atomic mass is 35.5. The van der Waals surface area contributed by atoms with Crippen LogP contribution in [-0.2, 0) is 4.74 Å². The molecule has 3 rings (SSSR count). The number of morpholine rings is 1. The molecule has 1 fully saturated rings. The molecule has 0 bridgehead atoms. The summed E-state index contributed by atoms with van der Waals surface area (Å²) in [4.78, 5) is 2.40. The maximum absolute atomic E-state index is 5.35. The smallest absolute Gasteiger partial charge is 0.151 e. The molecule has 2 heterocycles. The fourth-order valence-electron chi connectivity index (χ4n) is 2.57. The molecule has 0 saturated carbocycles. The summed E-state index contributed by atoms with van der Waals surface area (Å²) in [5, 5.41) is 12.0. The van der Waals surface area contributed by atoms with Crippen LogP contribution < -0.4 is 30.1 Å². The monoisotopic (exact) mass is 368 g/mol. The summed E-state index contributed by atoms with van der Waals surface area (Å²) in [7, 11) is 0. The molecule has 5 nitrogen and oxygen atoms in total. The molecule has 1 saturated heterocycles. The number of aromatic nitrogens is 2. The lowest BCUT2D eigenvalue weighted by molar-refractivity contribution is -0.001000. The molecule has 0 unspecified atom stereocenters. The second-order valence-corrected chi connectivity index (χ2v) is 5.51. The second kappa shape index (κ2) is 10.5. The van der Waals surface area contributed by atoms with E-state index >= 15 is 0 Å². The van der Waals surface area contributed by atoms with E-state index in [2.05, 4.69) is 45.5 Å². The number of aryl methyl sites for hydroxylation is 1. The van der Waals surface area contributed by atoms with Gasteiger partial charge in [0, 0.05) is 31.7 Å². The standard InChI is InChI=1S/C17H22N4O.2ClH/c1-14-13-16(15-5-3-2-4-6-15)19-20-17(14)18-7-8-21-9-11-22-12-10-21;;/h2-6,13H,7-12H2,1H3,(H,18,20);2*1H/p-2. The van der Waals surface area contributed by atoms with Gasteiger partial charge >= 0.3 is 0 Å². The number of rotatable bonds is 5. The number of nitrogens with one attached hydrogen (secondary N) is 1. The highest BCUT2D eigenvalue weighted by molar-refractivity contribution is 5.61. The lowest BCUT2D eigenvalue weighted by Crippen LogP contribution is -3.00. The molecular weight excluding hydrogens is 347 g/mol. The van der Waals surface area contributed by atoms with Crippen molar-refractivity contribution in [1.82, 2.24) is 15.1 Å². The first-order chi connectivity index (χ1) is 10.8. The largest absolute Gasteiger partial charge is 1.00 e. The number of halogens is 2. The number of nitrogens with zero attached hydrogens (tertiary/aromatic N) is 3. The Hall–Kier alpha value is -1.40. The van der Waals surface area contributed by atoms with Crippen LogP contribution in [0.15, 0.2) is 36.4 Å². The minimum atomic E-state index is 0. The van der Waals surface area contributed by atoms with Crippen molar-refractivity contribution in [3.8, 4) is 11.3 Å². The molecule has 132 valence electrons. The highest BCUT2D eigenvalue weighted by Gasteiger charge is 2.10. The SMILES string of the molecule is Cc1cc(-c2ccccc2)nnc1NCCN1CCOCC1.[Cl-].[Cl-]. The number of hydrogen-bond acceptors (Lipinski definition) is 5. The fraction of sp³-hybridized carbons (Fsp3) is 0.412. The van der Waals surface area contributed by atoms with Gasteiger partial charge in [0.2, 0.25) is 0 Å². The van der Waals surface area contributed by atoms with Gasteiger partial charge in [-0.25, -0.2) is 0 Å². The van der Waals surface area contributed by atoms with E-state index in [0.717, 1.165) is 62.0 Å². The van der Waals surface area contributed by atoms with Gasteiger partial charge in [0.05, 0.1) is 18.9 Å². The Kier molecular flexibility index (Phi) is 9.00.